The largest absolute Gasteiger partial charge is 0.493 e. The van der Waals surface area contributed by atoms with Crippen molar-refractivity contribution in [1.82, 2.24) is 0 Å². The lowest BCUT2D eigenvalue weighted by atomic mass is 9.78. The Morgan fingerprint density at radius 2 is 1.39 bits per heavy atom. The van der Waals surface area contributed by atoms with Crippen molar-refractivity contribution in [2.24, 2.45) is 5.92 Å². The Morgan fingerprint density at radius 3 is 1.91 bits per heavy atom. The van der Waals surface area contributed by atoms with Gasteiger partial charge >= 0.3 is 0 Å². The third-order valence-corrected chi connectivity index (χ3v) is 4.33. The van der Waals surface area contributed by atoms with Crippen LogP contribution in [0.4, 0.5) is 0 Å². The van der Waals surface area contributed by atoms with E-state index in [4.69, 9.17) is 9.47 Å². The van der Waals surface area contributed by atoms with E-state index in [9.17, 15) is 0 Å². The van der Waals surface area contributed by atoms with E-state index >= 15 is 0 Å². The summed E-state index contributed by atoms with van der Waals surface area (Å²) in [5.41, 5.74) is 3.89. The molecule has 23 heavy (non-hydrogen) atoms. The molecule has 124 valence electrons. The molecule has 1 unspecified atom stereocenters. The van der Waals surface area contributed by atoms with Gasteiger partial charge in [0, 0.05) is 18.4 Å². The van der Waals surface area contributed by atoms with Gasteiger partial charge in [-0.25, -0.2) is 0 Å². The first-order valence-corrected chi connectivity index (χ1v) is 8.23. The van der Waals surface area contributed by atoms with E-state index < -0.39 is 0 Å². The van der Waals surface area contributed by atoms with Gasteiger partial charge in [-0.3, -0.25) is 0 Å². The van der Waals surface area contributed by atoms with Gasteiger partial charge in [-0.15, -0.1) is 0 Å². The Kier molecular flexibility index (Phi) is 5.84. The molecule has 0 saturated carbocycles. The van der Waals surface area contributed by atoms with Crippen LogP contribution in [0.25, 0.3) is 0 Å². The van der Waals surface area contributed by atoms with Crippen LogP contribution in [-0.4, -0.2) is 20.3 Å². The van der Waals surface area contributed by atoms with Gasteiger partial charge in [-0.1, -0.05) is 62.7 Å². The fourth-order valence-electron chi connectivity index (χ4n) is 2.68. The lowest BCUT2D eigenvalue weighted by Gasteiger charge is -2.26. The van der Waals surface area contributed by atoms with Crippen LogP contribution in [0, 0.1) is 12.8 Å². The van der Waals surface area contributed by atoms with E-state index in [1.54, 1.807) is 7.11 Å². The van der Waals surface area contributed by atoms with Crippen LogP contribution in [0.5, 0.6) is 5.75 Å². The Bertz CT molecular complexity index is 597. The van der Waals surface area contributed by atoms with E-state index in [-0.39, 0.29) is 5.41 Å². The molecule has 0 aliphatic carbocycles. The van der Waals surface area contributed by atoms with Crippen molar-refractivity contribution in [3.63, 3.8) is 0 Å². The molecule has 2 heteroatoms. The number of methoxy groups -OCH3 is 1. The second kappa shape index (κ2) is 7.65. The van der Waals surface area contributed by atoms with Crippen molar-refractivity contribution in [3.05, 3.63) is 65.2 Å². The van der Waals surface area contributed by atoms with Crippen molar-refractivity contribution < 1.29 is 9.47 Å². The van der Waals surface area contributed by atoms with Gasteiger partial charge in [-0.05, 0) is 30.2 Å². The molecule has 0 aliphatic rings. The number of rotatable bonds is 7. The Balaban J connectivity index is 2.07. The molecule has 2 aromatic rings. The molecular weight excluding hydrogens is 284 g/mol. The molecule has 0 heterocycles. The third kappa shape index (κ3) is 4.59. The van der Waals surface area contributed by atoms with Gasteiger partial charge in [-0.2, -0.15) is 0 Å². The van der Waals surface area contributed by atoms with E-state index in [1.807, 2.05) is 0 Å². The predicted octanol–water partition coefficient (Wildman–Crippen LogP) is 4.98. The van der Waals surface area contributed by atoms with Gasteiger partial charge in [0.05, 0.1) is 13.2 Å². The van der Waals surface area contributed by atoms with E-state index in [0.29, 0.717) is 12.5 Å². The summed E-state index contributed by atoms with van der Waals surface area (Å²) in [4.78, 5) is 0. The highest BCUT2D eigenvalue weighted by Gasteiger charge is 2.22. The fourth-order valence-corrected chi connectivity index (χ4v) is 2.68. The molecule has 0 aliphatic heterocycles. The van der Waals surface area contributed by atoms with Crippen LogP contribution in [-0.2, 0) is 10.2 Å². The summed E-state index contributed by atoms with van der Waals surface area (Å²) in [5, 5.41) is 0. The van der Waals surface area contributed by atoms with Gasteiger partial charge < -0.3 is 9.47 Å². The third-order valence-electron chi connectivity index (χ3n) is 4.33. The molecule has 0 fully saturated rings. The van der Waals surface area contributed by atoms with Crippen LogP contribution in [0.1, 0.15) is 37.5 Å². The number of aryl methyl sites for hydroxylation is 1. The molecule has 0 N–H and O–H groups in total. The Labute approximate surface area is 140 Å². The average Bonchev–Trinajstić information content (AvgIpc) is 2.54. The Hall–Kier alpha value is -1.80. The normalized spacial score (nSPS) is 12.9. The lowest BCUT2D eigenvalue weighted by Crippen LogP contribution is -2.19. The van der Waals surface area contributed by atoms with Gasteiger partial charge in [0.25, 0.3) is 0 Å². The van der Waals surface area contributed by atoms with Crippen LogP contribution in [0.3, 0.4) is 0 Å². The number of hydrogen-bond donors (Lipinski definition) is 0. The molecule has 0 aromatic heterocycles. The maximum atomic E-state index is 5.83. The molecule has 0 spiro atoms. The minimum atomic E-state index is -0.0183. The summed E-state index contributed by atoms with van der Waals surface area (Å²) in [6.45, 7) is 10.2. The van der Waals surface area contributed by atoms with Crippen molar-refractivity contribution in [2.75, 3.05) is 20.3 Å². The molecule has 2 aromatic carbocycles. The zero-order valence-corrected chi connectivity index (χ0v) is 14.9. The second-order valence-corrected chi connectivity index (χ2v) is 6.89. The standard InChI is InChI=1S/C21H28O2/c1-16-6-8-18(9-7-16)21(3,4)19-10-12-20(13-11-19)23-15-17(2)14-22-5/h6-13,17H,14-15H2,1-5H3. The van der Waals surface area contributed by atoms with Crippen LogP contribution in [0.2, 0.25) is 0 Å². The molecule has 2 rings (SSSR count). The molecule has 0 amide bonds. The molecule has 1 atom stereocenters. The molecule has 0 bridgehead atoms. The monoisotopic (exact) mass is 312 g/mol. The summed E-state index contributed by atoms with van der Waals surface area (Å²) in [6.07, 6.45) is 0. The Morgan fingerprint density at radius 1 is 0.870 bits per heavy atom. The van der Waals surface area contributed by atoms with Gasteiger partial charge in [0.15, 0.2) is 0 Å². The summed E-state index contributed by atoms with van der Waals surface area (Å²) >= 11 is 0. The molecular formula is C21H28O2. The van der Waals surface area contributed by atoms with Crippen molar-refractivity contribution >= 4 is 0 Å². The highest BCUT2D eigenvalue weighted by Crippen LogP contribution is 2.32. The maximum absolute atomic E-state index is 5.83. The lowest BCUT2D eigenvalue weighted by molar-refractivity contribution is 0.127. The minimum absolute atomic E-state index is 0.0183. The van der Waals surface area contributed by atoms with E-state index in [2.05, 4.69) is 76.2 Å². The van der Waals surface area contributed by atoms with Crippen LogP contribution >= 0.6 is 0 Å². The fraction of sp³-hybridized carbons (Fsp3) is 0.429. The quantitative estimate of drug-likeness (QED) is 0.717. The van der Waals surface area contributed by atoms with Crippen LogP contribution in [0.15, 0.2) is 48.5 Å². The molecule has 0 radical (unpaired) electrons. The maximum Gasteiger partial charge on any atom is 0.119 e. The van der Waals surface area contributed by atoms with Crippen LogP contribution < -0.4 is 4.74 Å². The highest BCUT2D eigenvalue weighted by molar-refractivity contribution is 5.40. The first kappa shape index (κ1) is 17.6. The number of benzene rings is 2. The van der Waals surface area contributed by atoms with E-state index in [1.165, 1.54) is 16.7 Å². The van der Waals surface area contributed by atoms with E-state index in [0.717, 1.165) is 12.4 Å². The number of hydrogen-bond acceptors (Lipinski definition) is 2. The molecule has 2 nitrogen and oxygen atoms in total. The van der Waals surface area contributed by atoms with Gasteiger partial charge in [0.2, 0.25) is 0 Å². The second-order valence-electron chi connectivity index (χ2n) is 6.89. The minimum Gasteiger partial charge on any atom is -0.493 e. The first-order chi connectivity index (χ1) is 10.9. The SMILES string of the molecule is COCC(C)COc1ccc(C(C)(C)c2ccc(C)cc2)cc1. The van der Waals surface area contributed by atoms with Gasteiger partial charge in [0.1, 0.15) is 5.75 Å². The topological polar surface area (TPSA) is 18.5 Å². The van der Waals surface area contributed by atoms with Crippen molar-refractivity contribution in [1.29, 1.82) is 0 Å². The summed E-state index contributed by atoms with van der Waals surface area (Å²) < 4.78 is 11.0. The first-order valence-electron chi connectivity index (χ1n) is 8.23. The number of ether oxygens (including phenoxy) is 2. The van der Waals surface area contributed by atoms with Crippen molar-refractivity contribution in [3.8, 4) is 5.75 Å². The summed E-state index contributed by atoms with van der Waals surface area (Å²) in [7, 11) is 1.72. The zero-order valence-electron chi connectivity index (χ0n) is 14.9. The zero-order chi connectivity index (χ0) is 16.9. The smallest absolute Gasteiger partial charge is 0.119 e. The summed E-state index contributed by atoms with van der Waals surface area (Å²) in [6, 6.07) is 17.2. The van der Waals surface area contributed by atoms with Crippen molar-refractivity contribution in [2.45, 2.75) is 33.1 Å². The highest BCUT2D eigenvalue weighted by atomic mass is 16.5. The predicted molar refractivity (Wildman–Crippen MR) is 96.3 cm³/mol. The summed E-state index contributed by atoms with van der Waals surface area (Å²) in [5.74, 6) is 1.31. The molecule has 0 saturated heterocycles. The average molecular weight is 312 g/mol.